The number of alkyl halides is 3. The van der Waals surface area contributed by atoms with Gasteiger partial charge in [-0.05, 0) is 50.3 Å². The van der Waals surface area contributed by atoms with E-state index in [1.54, 1.807) is 35.0 Å². The molecule has 170 valence electrons. The molecule has 1 unspecified atom stereocenters. The van der Waals surface area contributed by atoms with Crippen LogP contribution in [0.5, 0.6) is 0 Å². The molecule has 1 atom stereocenters. The largest absolute Gasteiger partial charge is 0.435 e. The lowest BCUT2D eigenvalue weighted by Gasteiger charge is -2.21. The summed E-state index contributed by atoms with van der Waals surface area (Å²) in [6, 6.07) is 8.26. The van der Waals surface area contributed by atoms with E-state index in [9.17, 15) is 18.0 Å². The summed E-state index contributed by atoms with van der Waals surface area (Å²) in [5.41, 5.74) is 2.60. The number of anilines is 1. The minimum absolute atomic E-state index is 0.0647. The number of rotatable bonds is 3. The smallest absolute Gasteiger partial charge is 0.319 e. The Kier molecular flexibility index (Phi) is 4.95. The number of aryl methyl sites for hydroxylation is 1. The van der Waals surface area contributed by atoms with Gasteiger partial charge in [0.1, 0.15) is 0 Å². The van der Waals surface area contributed by atoms with Crippen LogP contribution in [0.3, 0.4) is 0 Å². The predicted molar refractivity (Wildman–Crippen MR) is 116 cm³/mol. The molecular formula is C23H21F3N6O. The first-order valence-electron chi connectivity index (χ1n) is 10.6. The highest BCUT2D eigenvalue weighted by Crippen LogP contribution is 2.40. The van der Waals surface area contributed by atoms with Crippen LogP contribution < -0.4 is 5.32 Å². The number of hydrogen-bond donors (Lipinski definition) is 1. The fourth-order valence-electron chi connectivity index (χ4n) is 4.40. The fourth-order valence-corrected chi connectivity index (χ4v) is 4.40. The second kappa shape index (κ2) is 7.72. The second-order valence-corrected chi connectivity index (χ2v) is 8.35. The van der Waals surface area contributed by atoms with Crippen molar-refractivity contribution in [2.45, 2.75) is 45.2 Å². The Hall–Kier alpha value is -3.69. The Morgan fingerprint density at radius 2 is 2.03 bits per heavy atom. The number of fused-ring (bicyclic) bond motifs is 2. The van der Waals surface area contributed by atoms with E-state index in [1.165, 1.54) is 10.9 Å². The monoisotopic (exact) mass is 454 g/mol. The zero-order valence-electron chi connectivity index (χ0n) is 18.0. The maximum absolute atomic E-state index is 13.6. The van der Waals surface area contributed by atoms with Crippen LogP contribution in [0, 0.1) is 6.92 Å². The molecule has 0 saturated carbocycles. The summed E-state index contributed by atoms with van der Waals surface area (Å²) in [6.07, 6.45) is 0.477. The van der Waals surface area contributed by atoms with Crippen molar-refractivity contribution in [2.24, 2.45) is 0 Å². The Labute approximate surface area is 187 Å². The predicted octanol–water partition coefficient (Wildman–Crippen LogP) is 4.93. The molecule has 5 rings (SSSR count). The molecule has 1 aliphatic rings. The highest BCUT2D eigenvalue weighted by atomic mass is 19.4. The first-order valence-corrected chi connectivity index (χ1v) is 10.6. The van der Waals surface area contributed by atoms with Gasteiger partial charge in [0.25, 0.3) is 5.91 Å². The molecule has 10 heteroatoms. The van der Waals surface area contributed by atoms with Crippen molar-refractivity contribution in [2.75, 3.05) is 5.32 Å². The van der Waals surface area contributed by atoms with E-state index in [-0.39, 0.29) is 11.5 Å². The molecule has 3 heterocycles. The van der Waals surface area contributed by atoms with Crippen LogP contribution in [-0.4, -0.2) is 30.3 Å². The number of carbonyl (C=O) groups is 1. The van der Waals surface area contributed by atoms with Gasteiger partial charge in [-0.3, -0.25) is 4.79 Å². The lowest BCUT2D eigenvalue weighted by molar-refractivity contribution is -0.142. The Morgan fingerprint density at radius 1 is 1.21 bits per heavy atom. The lowest BCUT2D eigenvalue weighted by Crippen LogP contribution is -2.15. The van der Waals surface area contributed by atoms with Crippen molar-refractivity contribution in [3.8, 4) is 5.69 Å². The number of aromatic nitrogens is 5. The molecule has 1 amide bonds. The van der Waals surface area contributed by atoms with Crippen LogP contribution in [0.1, 0.15) is 58.7 Å². The van der Waals surface area contributed by atoms with Gasteiger partial charge >= 0.3 is 6.18 Å². The van der Waals surface area contributed by atoms with Crippen molar-refractivity contribution in [3.63, 3.8) is 0 Å². The van der Waals surface area contributed by atoms with E-state index in [0.29, 0.717) is 41.1 Å². The maximum atomic E-state index is 13.6. The molecule has 1 aliphatic carbocycles. The van der Waals surface area contributed by atoms with Crippen molar-refractivity contribution in [1.82, 2.24) is 24.4 Å². The van der Waals surface area contributed by atoms with E-state index < -0.39 is 17.8 Å². The first-order chi connectivity index (χ1) is 15.7. The molecule has 0 saturated heterocycles. The van der Waals surface area contributed by atoms with Gasteiger partial charge < -0.3 is 5.32 Å². The molecule has 0 fully saturated rings. The van der Waals surface area contributed by atoms with E-state index in [4.69, 9.17) is 0 Å². The quantitative estimate of drug-likeness (QED) is 0.476. The van der Waals surface area contributed by atoms with Gasteiger partial charge in [-0.1, -0.05) is 13.0 Å². The average molecular weight is 454 g/mol. The third-order valence-electron chi connectivity index (χ3n) is 5.87. The molecule has 0 bridgehead atoms. The van der Waals surface area contributed by atoms with Gasteiger partial charge in [0.05, 0.1) is 35.2 Å². The van der Waals surface area contributed by atoms with Gasteiger partial charge in [-0.2, -0.15) is 23.4 Å². The molecular weight excluding hydrogens is 433 g/mol. The third-order valence-corrected chi connectivity index (χ3v) is 5.87. The molecule has 33 heavy (non-hydrogen) atoms. The summed E-state index contributed by atoms with van der Waals surface area (Å²) in [5.74, 6) is -0.475. The van der Waals surface area contributed by atoms with Gasteiger partial charge in [0, 0.05) is 17.2 Å². The molecule has 0 aliphatic heterocycles. The summed E-state index contributed by atoms with van der Waals surface area (Å²) < 4.78 is 43.8. The summed E-state index contributed by atoms with van der Waals surface area (Å²) in [4.78, 5) is 17.1. The van der Waals surface area contributed by atoms with Crippen LogP contribution in [0.15, 0.2) is 42.7 Å². The number of amides is 1. The summed E-state index contributed by atoms with van der Waals surface area (Å²) in [6.45, 7) is 3.75. The van der Waals surface area contributed by atoms with E-state index in [2.05, 4.69) is 20.5 Å². The highest BCUT2D eigenvalue weighted by molar-refractivity contribution is 6.04. The maximum Gasteiger partial charge on any atom is 0.435 e. The summed E-state index contributed by atoms with van der Waals surface area (Å²) in [7, 11) is 0. The fraction of sp³-hybridized carbons (Fsp3) is 0.304. The van der Waals surface area contributed by atoms with Crippen LogP contribution >= 0.6 is 0 Å². The highest BCUT2D eigenvalue weighted by Gasteiger charge is 2.41. The van der Waals surface area contributed by atoms with Crippen LogP contribution in [0.2, 0.25) is 0 Å². The molecule has 4 aromatic rings. The third kappa shape index (κ3) is 3.85. The Bertz CT molecular complexity index is 1370. The molecule has 0 spiro atoms. The van der Waals surface area contributed by atoms with E-state index in [1.807, 2.05) is 19.9 Å². The number of halogens is 3. The molecule has 7 nitrogen and oxygen atoms in total. The topological polar surface area (TPSA) is 77.1 Å². The number of carbonyl (C=O) groups excluding carboxylic acids is 1. The zero-order valence-corrected chi connectivity index (χ0v) is 18.0. The van der Waals surface area contributed by atoms with Gasteiger partial charge in [-0.25, -0.2) is 14.2 Å². The normalized spacial score (nSPS) is 16.1. The number of benzene rings is 1. The number of nitrogens with one attached hydrogen (secondary N) is 1. The Morgan fingerprint density at radius 3 is 2.82 bits per heavy atom. The SMILES string of the molecule is Cc1cc2ncc(NC(=O)c3cccc(-n4nc(C(F)(F)F)c5c4C(C)CCC5)c3)cn2n1. The molecule has 0 radical (unpaired) electrons. The van der Waals surface area contributed by atoms with Gasteiger partial charge in [0.15, 0.2) is 11.3 Å². The standard InChI is InChI=1S/C23H21F3N6O/c1-13-5-3-8-18-20(13)32(30-21(18)23(24,25)26)17-7-4-6-15(10-17)22(33)28-16-11-27-19-9-14(2)29-31(19)12-16/h4,6-7,9-13H,3,5,8H2,1-2H3,(H,28,33). The molecule has 3 aromatic heterocycles. The van der Waals surface area contributed by atoms with E-state index in [0.717, 1.165) is 12.1 Å². The van der Waals surface area contributed by atoms with Gasteiger partial charge in [0.2, 0.25) is 0 Å². The van der Waals surface area contributed by atoms with Crippen molar-refractivity contribution in [3.05, 3.63) is 70.9 Å². The van der Waals surface area contributed by atoms with Crippen LogP contribution in [0.25, 0.3) is 11.3 Å². The first kappa shape index (κ1) is 21.2. The van der Waals surface area contributed by atoms with Gasteiger partial charge in [-0.15, -0.1) is 0 Å². The number of nitrogens with zero attached hydrogens (tertiary/aromatic N) is 5. The average Bonchev–Trinajstić information content (AvgIpc) is 3.34. The van der Waals surface area contributed by atoms with Crippen LogP contribution in [0.4, 0.5) is 18.9 Å². The minimum Gasteiger partial charge on any atom is -0.319 e. The second-order valence-electron chi connectivity index (χ2n) is 8.35. The van der Waals surface area contributed by atoms with Crippen molar-refractivity contribution < 1.29 is 18.0 Å². The lowest BCUT2D eigenvalue weighted by atomic mass is 9.87. The molecule has 1 N–H and O–H groups in total. The van der Waals surface area contributed by atoms with Crippen LogP contribution in [-0.2, 0) is 12.6 Å². The van der Waals surface area contributed by atoms with Crippen molar-refractivity contribution >= 4 is 17.2 Å². The zero-order chi connectivity index (χ0) is 23.3. The minimum atomic E-state index is -4.53. The summed E-state index contributed by atoms with van der Waals surface area (Å²) >= 11 is 0. The van der Waals surface area contributed by atoms with E-state index >= 15 is 0 Å². The summed E-state index contributed by atoms with van der Waals surface area (Å²) in [5, 5.41) is 11.0. The molecule has 1 aromatic carbocycles. The number of hydrogen-bond acceptors (Lipinski definition) is 4. The Balaban J connectivity index is 1.49. The van der Waals surface area contributed by atoms with Crippen molar-refractivity contribution in [1.29, 1.82) is 0 Å².